The number of hydrogen-bond donors (Lipinski definition) is 1. The van der Waals surface area contributed by atoms with E-state index in [1.165, 1.54) is 6.26 Å². The van der Waals surface area contributed by atoms with Gasteiger partial charge in [0.25, 0.3) is 0 Å². The minimum absolute atomic E-state index is 0.0426. The third kappa shape index (κ3) is 3.18. The molecule has 0 saturated carbocycles. The van der Waals surface area contributed by atoms with Gasteiger partial charge in [0.15, 0.2) is 6.61 Å². The van der Waals surface area contributed by atoms with Crippen molar-refractivity contribution in [2.75, 3.05) is 5.32 Å². The third-order valence-electron chi connectivity index (χ3n) is 2.12. The first kappa shape index (κ1) is 12.8. The molecule has 0 aliphatic heterocycles. The predicted octanol–water partition coefficient (Wildman–Crippen LogP) is 4.34. The van der Waals surface area contributed by atoms with Gasteiger partial charge in [-0.05, 0) is 24.3 Å². The molecule has 0 spiro atoms. The van der Waals surface area contributed by atoms with Crippen LogP contribution in [0.25, 0.3) is 0 Å². The van der Waals surface area contributed by atoms with Crippen molar-refractivity contribution < 1.29 is 13.9 Å². The number of benzene rings is 1. The third-order valence-corrected chi connectivity index (χ3v) is 2.75. The summed E-state index contributed by atoms with van der Waals surface area (Å²) in [6.07, 6.45) is 0.850. The molecule has 18 heavy (non-hydrogen) atoms. The van der Waals surface area contributed by atoms with Gasteiger partial charge < -0.3 is 9.15 Å². The van der Waals surface area contributed by atoms with E-state index < -0.39 is 6.09 Å². The van der Waals surface area contributed by atoms with Gasteiger partial charge in [-0.2, -0.15) is 0 Å². The number of rotatable bonds is 3. The molecule has 4 nitrogen and oxygen atoms in total. The number of nitrogens with one attached hydrogen (secondary N) is 1. The molecule has 0 bridgehead atoms. The summed E-state index contributed by atoms with van der Waals surface area (Å²) in [7, 11) is 0. The fourth-order valence-corrected chi connectivity index (χ4v) is 1.78. The van der Waals surface area contributed by atoms with E-state index in [-0.39, 0.29) is 6.61 Å². The highest BCUT2D eigenvalue weighted by atomic mass is 35.5. The average molecular weight is 286 g/mol. The average Bonchev–Trinajstić information content (AvgIpc) is 2.84. The Hall–Kier alpha value is -1.65. The van der Waals surface area contributed by atoms with Gasteiger partial charge in [-0.3, -0.25) is 5.32 Å². The molecule has 1 aromatic carbocycles. The van der Waals surface area contributed by atoms with Gasteiger partial charge in [0, 0.05) is 0 Å². The summed E-state index contributed by atoms with van der Waals surface area (Å²) in [6.45, 7) is 0.0426. The quantitative estimate of drug-likeness (QED) is 0.913. The fraction of sp³-hybridized carbons (Fsp3) is 0.0833. The Morgan fingerprint density at radius 2 is 1.94 bits per heavy atom. The normalized spacial score (nSPS) is 10.1. The zero-order chi connectivity index (χ0) is 13.0. The van der Waals surface area contributed by atoms with Crippen molar-refractivity contribution in [1.29, 1.82) is 0 Å². The largest absolute Gasteiger partial charge is 0.466 e. The lowest BCUT2D eigenvalue weighted by Crippen LogP contribution is -2.13. The molecule has 0 aliphatic rings. The van der Waals surface area contributed by atoms with Crippen LogP contribution < -0.4 is 5.32 Å². The van der Waals surface area contributed by atoms with E-state index in [1.807, 2.05) is 0 Å². The van der Waals surface area contributed by atoms with Crippen molar-refractivity contribution in [1.82, 2.24) is 0 Å². The number of halogens is 2. The molecule has 0 aliphatic carbocycles. The number of ether oxygens (including phenoxy) is 1. The first-order valence-electron chi connectivity index (χ1n) is 5.07. The molecule has 0 atom stereocenters. The zero-order valence-electron chi connectivity index (χ0n) is 9.15. The molecule has 1 aromatic heterocycles. The van der Waals surface area contributed by atoms with E-state index >= 15 is 0 Å². The van der Waals surface area contributed by atoms with Gasteiger partial charge in [0.05, 0.1) is 22.0 Å². The lowest BCUT2D eigenvalue weighted by Gasteiger charge is -2.08. The molecule has 1 heterocycles. The van der Waals surface area contributed by atoms with Crippen LogP contribution in [0.2, 0.25) is 10.0 Å². The van der Waals surface area contributed by atoms with E-state index in [9.17, 15) is 4.79 Å². The van der Waals surface area contributed by atoms with Crippen LogP contribution in [0.1, 0.15) is 5.76 Å². The number of carbonyl (C=O) groups excluding carboxylic acids is 1. The van der Waals surface area contributed by atoms with E-state index in [1.54, 1.807) is 30.3 Å². The Bertz CT molecular complexity index is 520. The number of carbonyl (C=O) groups is 1. The molecule has 0 unspecified atom stereocenters. The molecule has 2 aromatic rings. The lowest BCUT2D eigenvalue weighted by atomic mass is 10.3. The Morgan fingerprint density at radius 1 is 1.22 bits per heavy atom. The van der Waals surface area contributed by atoms with Crippen molar-refractivity contribution in [3.05, 3.63) is 52.4 Å². The van der Waals surface area contributed by atoms with Crippen LogP contribution in [0, 0.1) is 0 Å². The van der Waals surface area contributed by atoms with Gasteiger partial charge >= 0.3 is 6.09 Å². The first-order valence-corrected chi connectivity index (χ1v) is 5.82. The van der Waals surface area contributed by atoms with E-state index in [0.29, 0.717) is 21.5 Å². The number of furan rings is 1. The number of hydrogen-bond acceptors (Lipinski definition) is 3. The van der Waals surface area contributed by atoms with Crippen molar-refractivity contribution in [3.8, 4) is 0 Å². The summed E-state index contributed by atoms with van der Waals surface area (Å²) in [6, 6.07) is 8.34. The second-order valence-electron chi connectivity index (χ2n) is 3.38. The molecule has 2 rings (SSSR count). The van der Waals surface area contributed by atoms with Crippen molar-refractivity contribution >= 4 is 35.0 Å². The Labute approximate surface area is 113 Å². The maximum Gasteiger partial charge on any atom is 0.412 e. The van der Waals surface area contributed by atoms with Gasteiger partial charge in [0.1, 0.15) is 5.76 Å². The molecule has 6 heteroatoms. The molecular formula is C12H9Cl2NO3. The Kier molecular flexibility index (Phi) is 4.12. The summed E-state index contributed by atoms with van der Waals surface area (Å²) in [5, 5.41) is 3.16. The standard InChI is InChI=1S/C12H9Cl2NO3/c13-9-4-1-5-10(14)11(9)15-12(16)18-7-8-3-2-6-17-8/h1-6H,7H2,(H,15,16). The minimum atomic E-state index is -0.651. The van der Waals surface area contributed by atoms with Crippen LogP contribution in [-0.2, 0) is 11.3 Å². The van der Waals surface area contributed by atoms with Gasteiger partial charge in [-0.25, -0.2) is 4.79 Å². The number of amides is 1. The first-order chi connectivity index (χ1) is 8.66. The maximum absolute atomic E-state index is 11.5. The predicted molar refractivity (Wildman–Crippen MR) is 69.0 cm³/mol. The van der Waals surface area contributed by atoms with E-state index in [4.69, 9.17) is 32.4 Å². The highest BCUT2D eigenvalue weighted by Gasteiger charge is 2.10. The zero-order valence-corrected chi connectivity index (χ0v) is 10.7. The molecule has 94 valence electrons. The van der Waals surface area contributed by atoms with Crippen molar-refractivity contribution in [2.24, 2.45) is 0 Å². The smallest absolute Gasteiger partial charge is 0.412 e. The summed E-state index contributed by atoms with van der Waals surface area (Å²) < 4.78 is 9.96. The maximum atomic E-state index is 11.5. The molecule has 0 radical (unpaired) electrons. The van der Waals surface area contributed by atoms with Crippen LogP contribution >= 0.6 is 23.2 Å². The summed E-state index contributed by atoms with van der Waals surface area (Å²) in [5.74, 6) is 0.551. The highest BCUT2D eigenvalue weighted by Crippen LogP contribution is 2.29. The Balaban J connectivity index is 1.95. The summed E-state index contributed by atoms with van der Waals surface area (Å²) in [5.41, 5.74) is 0.324. The highest BCUT2D eigenvalue weighted by molar-refractivity contribution is 6.39. The fourth-order valence-electron chi connectivity index (χ4n) is 1.29. The summed E-state index contributed by atoms with van der Waals surface area (Å²) in [4.78, 5) is 11.5. The molecular weight excluding hydrogens is 277 g/mol. The van der Waals surface area contributed by atoms with Crippen LogP contribution in [0.15, 0.2) is 41.0 Å². The SMILES string of the molecule is O=C(Nc1c(Cl)cccc1Cl)OCc1ccco1. The van der Waals surface area contributed by atoms with Crippen LogP contribution in [0.5, 0.6) is 0 Å². The van der Waals surface area contributed by atoms with E-state index in [2.05, 4.69) is 5.32 Å². The van der Waals surface area contributed by atoms with Crippen LogP contribution in [0.4, 0.5) is 10.5 Å². The number of para-hydroxylation sites is 1. The minimum Gasteiger partial charge on any atom is -0.466 e. The number of anilines is 1. The van der Waals surface area contributed by atoms with Gasteiger partial charge in [-0.15, -0.1) is 0 Å². The summed E-state index contributed by atoms with van der Waals surface area (Å²) >= 11 is 11.8. The van der Waals surface area contributed by atoms with Crippen LogP contribution in [0.3, 0.4) is 0 Å². The molecule has 0 fully saturated rings. The molecule has 1 amide bonds. The van der Waals surface area contributed by atoms with Gasteiger partial charge in [-0.1, -0.05) is 29.3 Å². The lowest BCUT2D eigenvalue weighted by molar-refractivity contribution is 0.146. The van der Waals surface area contributed by atoms with Crippen molar-refractivity contribution in [2.45, 2.75) is 6.61 Å². The molecule has 1 N–H and O–H groups in total. The van der Waals surface area contributed by atoms with E-state index in [0.717, 1.165) is 0 Å². The molecule has 0 saturated heterocycles. The van der Waals surface area contributed by atoms with Crippen LogP contribution in [-0.4, -0.2) is 6.09 Å². The Morgan fingerprint density at radius 3 is 2.56 bits per heavy atom. The topological polar surface area (TPSA) is 51.5 Å². The van der Waals surface area contributed by atoms with Crippen molar-refractivity contribution in [3.63, 3.8) is 0 Å². The second-order valence-corrected chi connectivity index (χ2v) is 4.19. The monoisotopic (exact) mass is 285 g/mol. The second kappa shape index (κ2) is 5.80. The van der Waals surface area contributed by atoms with Gasteiger partial charge in [0.2, 0.25) is 0 Å².